The Morgan fingerprint density at radius 1 is 1.38 bits per heavy atom. The zero-order chi connectivity index (χ0) is 10.7. The highest BCUT2D eigenvalue weighted by molar-refractivity contribution is 5.86. The van der Waals surface area contributed by atoms with Gasteiger partial charge in [-0.05, 0) is 25.2 Å². The predicted molar refractivity (Wildman–Crippen MR) is 64.6 cm³/mol. The van der Waals surface area contributed by atoms with E-state index < -0.39 is 5.54 Å². The van der Waals surface area contributed by atoms with Gasteiger partial charge in [0.25, 0.3) is 0 Å². The summed E-state index contributed by atoms with van der Waals surface area (Å²) in [6, 6.07) is 0. The molecule has 1 amide bonds. The summed E-state index contributed by atoms with van der Waals surface area (Å²) in [6.07, 6.45) is 5.05. The molecule has 0 unspecified atom stereocenters. The van der Waals surface area contributed by atoms with Gasteiger partial charge >= 0.3 is 0 Å². The minimum atomic E-state index is -0.679. The lowest BCUT2D eigenvalue weighted by Crippen LogP contribution is -2.57. The molecule has 0 spiro atoms. The largest absolute Gasteiger partial charge is 0.381 e. The lowest BCUT2D eigenvalue weighted by Gasteiger charge is -2.31. The number of hydrogen-bond donors (Lipinski definition) is 2. The average Bonchev–Trinajstić information content (AvgIpc) is 3.03. The zero-order valence-electron chi connectivity index (χ0n) is 9.54. The molecule has 0 atom stereocenters. The van der Waals surface area contributed by atoms with Gasteiger partial charge in [-0.2, -0.15) is 0 Å². The van der Waals surface area contributed by atoms with E-state index in [0.717, 1.165) is 18.9 Å². The first kappa shape index (κ1) is 13.7. The first-order chi connectivity index (χ1) is 7.21. The van der Waals surface area contributed by atoms with Crippen molar-refractivity contribution in [2.45, 2.75) is 37.6 Å². The zero-order valence-corrected chi connectivity index (χ0v) is 10.4. The number of rotatable bonds is 4. The Morgan fingerprint density at radius 2 is 2.00 bits per heavy atom. The molecule has 2 fully saturated rings. The molecule has 0 radical (unpaired) electrons. The van der Waals surface area contributed by atoms with E-state index in [1.54, 1.807) is 0 Å². The van der Waals surface area contributed by atoms with Crippen LogP contribution >= 0.6 is 12.4 Å². The Morgan fingerprint density at radius 3 is 2.56 bits per heavy atom. The van der Waals surface area contributed by atoms with E-state index in [9.17, 15) is 4.79 Å². The molecule has 1 aliphatic heterocycles. The molecule has 0 aromatic rings. The van der Waals surface area contributed by atoms with Gasteiger partial charge in [-0.15, -0.1) is 12.4 Å². The highest BCUT2D eigenvalue weighted by Gasteiger charge is 2.35. The van der Waals surface area contributed by atoms with E-state index in [-0.39, 0.29) is 18.3 Å². The maximum Gasteiger partial charge on any atom is 0.240 e. The Labute approximate surface area is 103 Å². The molecule has 1 heterocycles. The fourth-order valence-electron chi connectivity index (χ4n) is 1.94. The third kappa shape index (κ3) is 3.61. The first-order valence-corrected chi connectivity index (χ1v) is 5.86. The predicted octanol–water partition coefficient (Wildman–Crippen LogP) is 0.832. The van der Waals surface area contributed by atoms with Crippen molar-refractivity contribution in [3.63, 3.8) is 0 Å². The second kappa shape index (κ2) is 5.84. The molecule has 3 N–H and O–H groups in total. The Kier molecular flexibility index (Phi) is 5.02. The lowest BCUT2D eigenvalue weighted by atomic mass is 9.90. The SMILES string of the molecule is Cl.NC1(C(=O)NCCC2CC2)CCOCC1. The number of amides is 1. The van der Waals surface area contributed by atoms with Crippen molar-refractivity contribution < 1.29 is 9.53 Å². The van der Waals surface area contributed by atoms with Crippen molar-refractivity contribution in [2.75, 3.05) is 19.8 Å². The molecule has 1 aliphatic carbocycles. The fraction of sp³-hybridized carbons (Fsp3) is 0.909. The third-order valence-corrected chi connectivity index (χ3v) is 3.37. The monoisotopic (exact) mass is 248 g/mol. The van der Waals surface area contributed by atoms with E-state index in [1.165, 1.54) is 12.8 Å². The second-order valence-electron chi connectivity index (χ2n) is 4.76. The standard InChI is InChI=1S/C11H20N2O2.ClH/c12-11(4-7-15-8-5-11)10(14)13-6-3-9-1-2-9;/h9H,1-8,12H2,(H,13,14);1H. The van der Waals surface area contributed by atoms with Crippen LogP contribution in [-0.2, 0) is 9.53 Å². The van der Waals surface area contributed by atoms with Gasteiger partial charge in [0.2, 0.25) is 5.91 Å². The van der Waals surface area contributed by atoms with Crippen LogP contribution in [-0.4, -0.2) is 31.2 Å². The summed E-state index contributed by atoms with van der Waals surface area (Å²) in [7, 11) is 0. The van der Waals surface area contributed by atoms with Crippen LogP contribution in [0.2, 0.25) is 0 Å². The van der Waals surface area contributed by atoms with E-state index >= 15 is 0 Å². The third-order valence-electron chi connectivity index (χ3n) is 3.37. The van der Waals surface area contributed by atoms with Crippen LogP contribution in [0.15, 0.2) is 0 Å². The van der Waals surface area contributed by atoms with Gasteiger partial charge in [0.15, 0.2) is 0 Å². The van der Waals surface area contributed by atoms with Gasteiger partial charge in [0.1, 0.15) is 0 Å². The quantitative estimate of drug-likeness (QED) is 0.775. The highest BCUT2D eigenvalue weighted by atomic mass is 35.5. The smallest absolute Gasteiger partial charge is 0.240 e. The summed E-state index contributed by atoms with van der Waals surface area (Å²) in [5, 5.41) is 2.94. The molecule has 0 bridgehead atoms. The summed E-state index contributed by atoms with van der Waals surface area (Å²) >= 11 is 0. The molecule has 16 heavy (non-hydrogen) atoms. The maximum absolute atomic E-state index is 11.8. The van der Waals surface area contributed by atoms with E-state index in [1.807, 2.05) is 0 Å². The highest BCUT2D eigenvalue weighted by Crippen LogP contribution is 2.31. The number of nitrogens with one attached hydrogen (secondary N) is 1. The summed E-state index contributed by atoms with van der Waals surface area (Å²) < 4.78 is 5.21. The first-order valence-electron chi connectivity index (χ1n) is 5.86. The minimum Gasteiger partial charge on any atom is -0.381 e. The van der Waals surface area contributed by atoms with Crippen LogP contribution < -0.4 is 11.1 Å². The van der Waals surface area contributed by atoms with Crippen molar-refractivity contribution in [1.29, 1.82) is 0 Å². The Hall–Kier alpha value is -0.320. The van der Waals surface area contributed by atoms with Crippen LogP contribution in [0, 0.1) is 5.92 Å². The number of ether oxygens (including phenoxy) is 1. The van der Waals surface area contributed by atoms with Gasteiger partial charge in [-0.25, -0.2) is 0 Å². The normalized spacial score (nSPS) is 23.3. The van der Waals surface area contributed by atoms with Crippen molar-refractivity contribution in [3.8, 4) is 0 Å². The van der Waals surface area contributed by atoms with Crippen LogP contribution in [0.4, 0.5) is 0 Å². The van der Waals surface area contributed by atoms with Gasteiger partial charge in [-0.1, -0.05) is 12.8 Å². The van der Waals surface area contributed by atoms with Gasteiger partial charge < -0.3 is 15.8 Å². The van der Waals surface area contributed by atoms with Crippen molar-refractivity contribution in [1.82, 2.24) is 5.32 Å². The molecule has 2 rings (SSSR count). The van der Waals surface area contributed by atoms with Crippen LogP contribution in [0.1, 0.15) is 32.1 Å². The lowest BCUT2D eigenvalue weighted by molar-refractivity contribution is -0.129. The van der Waals surface area contributed by atoms with Crippen molar-refractivity contribution in [3.05, 3.63) is 0 Å². The maximum atomic E-state index is 11.8. The molecule has 94 valence electrons. The molecular formula is C11H21ClN2O2. The topological polar surface area (TPSA) is 64.4 Å². The van der Waals surface area contributed by atoms with Gasteiger partial charge in [0, 0.05) is 19.8 Å². The van der Waals surface area contributed by atoms with Gasteiger partial charge in [-0.3, -0.25) is 4.79 Å². The summed E-state index contributed by atoms with van der Waals surface area (Å²) in [5.41, 5.74) is 5.36. The average molecular weight is 249 g/mol. The van der Waals surface area contributed by atoms with Crippen molar-refractivity contribution >= 4 is 18.3 Å². The molecule has 1 saturated carbocycles. The molecule has 2 aliphatic rings. The van der Waals surface area contributed by atoms with E-state index in [0.29, 0.717) is 26.1 Å². The van der Waals surface area contributed by atoms with E-state index in [4.69, 9.17) is 10.5 Å². The molecule has 0 aromatic carbocycles. The number of carbonyl (C=O) groups excluding carboxylic acids is 1. The molecule has 5 heteroatoms. The second-order valence-corrected chi connectivity index (χ2v) is 4.76. The Bertz CT molecular complexity index is 238. The van der Waals surface area contributed by atoms with Crippen molar-refractivity contribution in [2.24, 2.45) is 11.7 Å². The molecule has 1 saturated heterocycles. The van der Waals surface area contributed by atoms with Crippen LogP contribution in [0.5, 0.6) is 0 Å². The number of nitrogens with two attached hydrogens (primary N) is 1. The van der Waals surface area contributed by atoms with E-state index in [2.05, 4.69) is 5.32 Å². The van der Waals surface area contributed by atoms with Crippen LogP contribution in [0.25, 0.3) is 0 Å². The van der Waals surface area contributed by atoms with Crippen LogP contribution in [0.3, 0.4) is 0 Å². The molecule has 0 aromatic heterocycles. The number of hydrogen-bond acceptors (Lipinski definition) is 3. The number of halogens is 1. The molecule has 4 nitrogen and oxygen atoms in total. The minimum absolute atomic E-state index is 0. The Balaban J connectivity index is 0.00000128. The van der Waals surface area contributed by atoms with Gasteiger partial charge in [0.05, 0.1) is 5.54 Å². The number of carbonyl (C=O) groups is 1. The fourth-order valence-corrected chi connectivity index (χ4v) is 1.94. The summed E-state index contributed by atoms with van der Waals surface area (Å²) in [4.78, 5) is 11.8. The molecular weight excluding hydrogens is 228 g/mol. The summed E-state index contributed by atoms with van der Waals surface area (Å²) in [5.74, 6) is 0.861. The summed E-state index contributed by atoms with van der Waals surface area (Å²) in [6.45, 7) is 1.99.